The molecule has 0 saturated heterocycles. The van der Waals surface area contributed by atoms with E-state index in [1.165, 1.54) is 4.88 Å². The average molecular weight is 249 g/mol. The van der Waals surface area contributed by atoms with Crippen molar-refractivity contribution in [3.05, 3.63) is 28.5 Å². The number of hydrogen-bond donors (Lipinski definition) is 0. The first-order chi connectivity index (χ1) is 6.74. The zero-order valence-electron chi connectivity index (χ0n) is 8.03. The molecule has 14 heavy (non-hydrogen) atoms. The minimum absolute atomic E-state index is 0.616. The highest BCUT2D eigenvalue weighted by atomic mass is 35.5. The molecule has 0 fully saturated rings. The topological polar surface area (TPSA) is 17.1 Å². The molecule has 4 heteroatoms. The molecule has 0 aliphatic heterocycles. The molecule has 78 valence electrons. The zero-order chi connectivity index (χ0) is 10.4. The standard InChI is InChI=1S/C10H13ClOS2/c1-14(12)8-9(4-2-6-11)10-5-3-7-13-10/h3-5,7H,2,6,8H2,1H3. The van der Waals surface area contributed by atoms with Crippen LogP contribution >= 0.6 is 22.9 Å². The van der Waals surface area contributed by atoms with E-state index in [9.17, 15) is 4.21 Å². The first-order valence-corrected chi connectivity index (χ1v) is 7.47. The van der Waals surface area contributed by atoms with Crippen LogP contribution < -0.4 is 0 Å². The number of alkyl halides is 1. The number of thiophene rings is 1. The Morgan fingerprint density at radius 3 is 3.00 bits per heavy atom. The van der Waals surface area contributed by atoms with Crippen LogP contribution in [-0.2, 0) is 10.8 Å². The SMILES string of the molecule is CS(=O)CC(=CCCCl)c1cccs1. The highest BCUT2D eigenvalue weighted by Crippen LogP contribution is 2.21. The lowest BCUT2D eigenvalue weighted by Crippen LogP contribution is -1.96. The van der Waals surface area contributed by atoms with E-state index in [0.717, 1.165) is 12.0 Å². The van der Waals surface area contributed by atoms with Crippen LogP contribution in [0, 0.1) is 0 Å². The van der Waals surface area contributed by atoms with Crippen molar-refractivity contribution in [2.45, 2.75) is 6.42 Å². The number of hydrogen-bond acceptors (Lipinski definition) is 2. The maximum Gasteiger partial charge on any atom is 0.0493 e. The lowest BCUT2D eigenvalue weighted by Gasteiger charge is -2.02. The van der Waals surface area contributed by atoms with Gasteiger partial charge in [-0.1, -0.05) is 12.1 Å². The molecule has 0 radical (unpaired) electrons. The molecule has 0 saturated carbocycles. The van der Waals surface area contributed by atoms with Crippen LogP contribution in [0.25, 0.3) is 5.57 Å². The van der Waals surface area contributed by atoms with Gasteiger partial charge in [0.15, 0.2) is 0 Å². The Hall–Kier alpha value is -0.120. The zero-order valence-corrected chi connectivity index (χ0v) is 10.4. The van der Waals surface area contributed by atoms with Gasteiger partial charge in [0.1, 0.15) is 0 Å². The molecule has 0 aromatic carbocycles. The second-order valence-electron chi connectivity index (χ2n) is 2.90. The Morgan fingerprint density at radius 1 is 1.71 bits per heavy atom. The molecule has 1 unspecified atom stereocenters. The van der Waals surface area contributed by atoms with Gasteiger partial charge in [-0.15, -0.1) is 22.9 Å². The summed E-state index contributed by atoms with van der Waals surface area (Å²) in [6, 6.07) is 4.06. The van der Waals surface area contributed by atoms with Gasteiger partial charge in [-0.2, -0.15) is 0 Å². The van der Waals surface area contributed by atoms with Gasteiger partial charge in [-0.25, -0.2) is 0 Å². The average Bonchev–Trinajstić information content (AvgIpc) is 2.64. The summed E-state index contributed by atoms with van der Waals surface area (Å²) in [6.07, 6.45) is 4.65. The van der Waals surface area contributed by atoms with Crippen LogP contribution in [0.5, 0.6) is 0 Å². The molecular weight excluding hydrogens is 236 g/mol. The maximum atomic E-state index is 11.2. The predicted octanol–water partition coefficient (Wildman–Crippen LogP) is 3.14. The Balaban J connectivity index is 2.77. The van der Waals surface area contributed by atoms with Crippen LogP contribution in [0.3, 0.4) is 0 Å². The molecule has 0 amide bonds. The summed E-state index contributed by atoms with van der Waals surface area (Å²) in [5.41, 5.74) is 1.15. The number of halogens is 1. The Labute approximate surface area is 96.2 Å². The van der Waals surface area contributed by atoms with E-state index in [0.29, 0.717) is 11.6 Å². The fourth-order valence-electron chi connectivity index (χ4n) is 1.14. The molecule has 1 nitrogen and oxygen atoms in total. The second-order valence-corrected chi connectivity index (χ2v) is 5.66. The van der Waals surface area contributed by atoms with Crippen LogP contribution in [-0.4, -0.2) is 22.1 Å². The Morgan fingerprint density at radius 2 is 2.50 bits per heavy atom. The van der Waals surface area contributed by atoms with Crippen molar-refractivity contribution in [2.24, 2.45) is 0 Å². The molecule has 1 aromatic rings. The molecule has 0 aliphatic carbocycles. The van der Waals surface area contributed by atoms with Gasteiger partial charge in [0.25, 0.3) is 0 Å². The normalized spacial score (nSPS) is 14.3. The molecule has 0 spiro atoms. The Bertz CT molecular complexity index is 317. The first-order valence-electron chi connectivity index (χ1n) is 4.33. The summed E-state index contributed by atoms with van der Waals surface area (Å²) < 4.78 is 11.2. The van der Waals surface area contributed by atoms with Crippen LogP contribution in [0.2, 0.25) is 0 Å². The molecule has 1 rings (SSSR count). The van der Waals surface area contributed by atoms with Crippen LogP contribution in [0.15, 0.2) is 23.6 Å². The summed E-state index contributed by atoms with van der Waals surface area (Å²) >= 11 is 7.30. The third-order valence-electron chi connectivity index (χ3n) is 1.70. The predicted molar refractivity (Wildman–Crippen MR) is 66.6 cm³/mol. The summed E-state index contributed by atoms with van der Waals surface area (Å²) in [5.74, 6) is 1.24. The van der Waals surface area contributed by atoms with Crippen molar-refractivity contribution < 1.29 is 4.21 Å². The molecular formula is C10H13ClOS2. The van der Waals surface area contributed by atoms with Crippen molar-refractivity contribution in [1.82, 2.24) is 0 Å². The molecule has 1 aromatic heterocycles. The van der Waals surface area contributed by atoms with Gasteiger partial charge >= 0.3 is 0 Å². The summed E-state index contributed by atoms with van der Waals surface area (Å²) in [5, 5.41) is 2.03. The van der Waals surface area contributed by atoms with Gasteiger partial charge in [-0.3, -0.25) is 4.21 Å². The lowest BCUT2D eigenvalue weighted by atomic mass is 10.2. The highest BCUT2D eigenvalue weighted by Gasteiger charge is 2.04. The molecule has 0 bridgehead atoms. The lowest BCUT2D eigenvalue weighted by molar-refractivity contribution is 0.689. The molecule has 0 N–H and O–H groups in total. The summed E-state index contributed by atoms with van der Waals surface area (Å²) in [7, 11) is -0.788. The summed E-state index contributed by atoms with van der Waals surface area (Å²) in [6.45, 7) is 0. The third-order valence-corrected chi connectivity index (χ3v) is 3.58. The highest BCUT2D eigenvalue weighted by molar-refractivity contribution is 7.84. The minimum atomic E-state index is -0.788. The van der Waals surface area contributed by atoms with E-state index in [4.69, 9.17) is 11.6 Å². The van der Waals surface area contributed by atoms with E-state index < -0.39 is 10.8 Å². The van der Waals surface area contributed by atoms with Gasteiger partial charge < -0.3 is 0 Å². The first kappa shape index (κ1) is 12.0. The third kappa shape index (κ3) is 3.95. The largest absolute Gasteiger partial charge is 0.260 e. The monoisotopic (exact) mass is 248 g/mol. The van der Waals surface area contributed by atoms with Gasteiger partial charge in [0, 0.05) is 33.6 Å². The van der Waals surface area contributed by atoms with E-state index in [1.54, 1.807) is 17.6 Å². The van der Waals surface area contributed by atoms with Crippen molar-refractivity contribution in [3.63, 3.8) is 0 Å². The van der Waals surface area contributed by atoms with Gasteiger partial charge in [-0.05, 0) is 23.4 Å². The minimum Gasteiger partial charge on any atom is -0.260 e. The smallest absolute Gasteiger partial charge is 0.0493 e. The maximum absolute atomic E-state index is 11.2. The quantitative estimate of drug-likeness (QED) is 0.732. The van der Waals surface area contributed by atoms with Crippen molar-refractivity contribution >= 4 is 39.3 Å². The molecule has 1 heterocycles. The van der Waals surface area contributed by atoms with Crippen molar-refractivity contribution in [2.75, 3.05) is 17.9 Å². The van der Waals surface area contributed by atoms with E-state index in [1.807, 2.05) is 11.4 Å². The van der Waals surface area contributed by atoms with Gasteiger partial charge in [0.2, 0.25) is 0 Å². The van der Waals surface area contributed by atoms with Crippen LogP contribution in [0.4, 0.5) is 0 Å². The fraction of sp³-hybridized carbons (Fsp3) is 0.400. The number of allylic oxidation sites excluding steroid dienone is 1. The van der Waals surface area contributed by atoms with Gasteiger partial charge in [0.05, 0.1) is 0 Å². The fourth-order valence-corrected chi connectivity index (χ4v) is 2.82. The second kappa shape index (κ2) is 6.38. The molecule has 1 atom stereocenters. The summed E-state index contributed by atoms with van der Waals surface area (Å²) in [4.78, 5) is 1.20. The van der Waals surface area contributed by atoms with Crippen molar-refractivity contribution in [1.29, 1.82) is 0 Å². The Kier molecular flexibility index (Phi) is 5.45. The van der Waals surface area contributed by atoms with Crippen molar-refractivity contribution in [3.8, 4) is 0 Å². The van der Waals surface area contributed by atoms with E-state index in [2.05, 4.69) is 12.1 Å². The van der Waals surface area contributed by atoms with E-state index >= 15 is 0 Å². The number of rotatable bonds is 5. The van der Waals surface area contributed by atoms with Crippen LogP contribution in [0.1, 0.15) is 11.3 Å². The van der Waals surface area contributed by atoms with E-state index in [-0.39, 0.29) is 0 Å². The molecule has 0 aliphatic rings.